The van der Waals surface area contributed by atoms with Gasteiger partial charge in [-0.05, 0) is 45.6 Å². The molecule has 0 spiro atoms. The largest absolute Gasteiger partial charge is 0.481 e. The molecule has 4 unspecified atom stereocenters. The molecule has 0 radical (unpaired) electrons. The Bertz CT molecular complexity index is 742. The number of nitrogens with zero attached hydrogens (tertiary/aromatic N) is 1. The number of carboxylic acid groups (broad SMARTS) is 2. The van der Waals surface area contributed by atoms with E-state index in [1.54, 1.807) is 0 Å². The van der Waals surface area contributed by atoms with E-state index in [0.29, 0.717) is 19.4 Å². The molecule has 0 fully saturated rings. The van der Waals surface area contributed by atoms with Crippen LogP contribution in [0.4, 0.5) is 0 Å². The first-order valence-corrected chi connectivity index (χ1v) is 10.8. The monoisotopic (exact) mass is 488 g/mol. The third-order valence-corrected chi connectivity index (χ3v) is 4.62. The van der Waals surface area contributed by atoms with E-state index in [2.05, 4.69) is 20.9 Å². The number of carbonyl (C=O) groups excluding carboxylic acids is 3. The molecular weight excluding hydrogens is 452 g/mol. The van der Waals surface area contributed by atoms with Gasteiger partial charge in [-0.1, -0.05) is 0 Å². The number of carboxylic acids is 2. The molecular formula is C19H36N8O7. The number of guanidine groups is 1. The van der Waals surface area contributed by atoms with Crippen molar-refractivity contribution in [2.45, 2.75) is 69.6 Å². The van der Waals surface area contributed by atoms with Crippen LogP contribution < -0.4 is 38.9 Å². The number of rotatable bonds is 17. The van der Waals surface area contributed by atoms with Crippen molar-refractivity contribution >= 4 is 35.6 Å². The van der Waals surface area contributed by atoms with Crippen LogP contribution in [0.3, 0.4) is 0 Å². The lowest BCUT2D eigenvalue weighted by Gasteiger charge is -2.24. The van der Waals surface area contributed by atoms with Crippen LogP contribution >= 0.6 is 0 Å². The van der Waals surface area contributed by atoms with E-state index in [1.165, 1.54) is 6.92 Å². The quantitative estimate of drug-likeness (QED) is 0.0550. The van der Waals surface area contributed by atoms with Crippen LogP contribution in [0.2, 0.25) is 0 Å². The standard InChI is InChI=1S/C19H36N8O7/c1-10(18(33)34)25-16(31)13(6-4-8-24-19(22)23)27-17(32)12(5-2-3-7-20)26-15(30)11(21)9-14(28)29/h10-13H,2-9,20-21H2,1H3,(H,25,31)(H,26,30)(H,27,32)(H,28,29)(H,33,34)(H4,22,23,24). The van der Waals surface area contributed by atoms with Gasteiger partial charge in [0.2, 0.25) is 17.7 Å². The number of nitrogens with two attached hydrogens (primary N) is 4. The van der Waals surface area contributed by atoms with Gasteiger partial charge in [0.15, 0.2) is 5.96 Å². The second-order valence-corrected chi connectivity index (χ2v) is 7.63. The Morgan fingerprint density at radius 3 is 1.88 bits per heavy atom. The number of hydrogen-bond acceptors (Lipinski definition) is 8. The molecule has 194 valence electrons. The summed E-state index contributed by atoms with van der Waals surface area (Å²) >= 11 is 0. The SMILES string of the molecule is CC(NC(=O)C(CCCN=C(N)N)NC(=O)C(CCCCN)NC(=O)C(N)CC(=O)O)C(=O)O. The van der Waals surface area contributed by atoms with Crippen molar-refractivity contribution in [2.75, 3.05) is 13.1 Å². The molecule has 4 atom stereocenters. The summed E-state index contributed by atoms with van der Waals surface area (Å²) in [4.78, 5) is 63.4. The molecule has 0 saturated carbocycles. The van der Waals surface area contributed by atoms with Crippen LogP contribution in [0.15, 0.2) is 4.99 Å². The van der Waals surface area contributed by atoms with Gasteiger partial charge in [-0.25, -0.2) is 0 Å². The summed E-state index contributed by atoms with van der Waals surface area (Å²) in [5, 5.41) is 25.0. The van der Waals surface area contributed by atoms with Crippen molar-refractivity contribution < 1.29 is 34.2 Å². The minimum atomic E-state index is -1.38. The highest BCUT2D eigenvalue weighted by Gasteiger charge is 2.29. The van der Waals surface area contributed by atoms with Crippen molar-refractivity contribution in [2.24, 2.45) is 27.9 Å². The highest BCUT2D eigenvalue weighted by molar-refractivity contribution is 5.94. The Morgan fingerprint density at radius 2 is 1.38 bits per heavy atom. The zero-order valence-electron chi connectivity index (χ0n) is 19.2. The molecule has 0 aromatic heterocycles. The zero-order valence-corrected chi connectivity index (χ0v) is 19.2. The molecule has 0 aromatic rings. The maximum absolute atomic E-state index is 12.9. The fourth-order valence-electron chi connectivity index (χ4n) is 2.74. The number of aliphatic imine (C=N–C) groups is 1. The molecule has 0 rings (SSSR count). The predicted octanol–water partition coefficient (Wildman–Crippen LogP) is -3.47. The lowest BCUT2D eigenvalue weighted by molar-refractivity contribution is -0.141. The van der Waals surface area contributed by atoms with E-state index in [4.69, 9.17) is 33.1 Å². The van der Waals surface area contributed by atoms with Crippen molar-refractivity contribution in [3.63, 3.8) is 0 Å². The van der Waals surface area contributed by atoms with Gasteiger partial charge in [-0.2, -0.15) is 0 Å². The summed E-state index contributed by atoms with van der Waals surface area (Å²) in [6.45, 7) is 1.78. The van der Waals surface area contributed by atoms with Crippen LogP contribution in [0.5, 0.6) is 0 Å². The smallest absolute Gasteiger partial charge is 0.325 e. The number of amides is 3. The van der Waals surface area contributed by atoms with Gasteiger partial charge in [-0.3, -0.25) is 29.0 Å². The molecule has 0 bridgehead atoms. The lowest BCUT2D eigenvalue weighted by Crippen LogP contribution is -2.57. The first-order chi connectivity index (χ1) is 15.9. The highest BCUT2D eigenvalue weighted by Crippen LogP contribution is 2.06. The van der Waals surface area contributed by atoms with Crippen LogP contribution in [-0.2, 0) is 24.0 Å². The molecule has 0 heterocycles. The van der Waals surface area contributed by atoms with Gasteiger partial charge >= 0.3 is 11.9 Å². The lowest BCUT2D eigenvalue weighted by atomic mass is 10.1. The normalized spacial score (nSPS) is 14.1. The molecule has 15 heteroatoms. The third-order valence-electron chi connectivity index (χ3n) is 4.62. The number of aliphatic carboxylic acids is 2. The highest BCUT2D eigenvalue weighted by atomic mass is 16.4. The molecule has 34 heavy (non-hydrogen) atoms. The molecule has 0 aromatic carbocycles. The van der Waals surface area contributed by atoms with Crippen LogP contribution in [0.1, 0.15) is 45.4 Å². The minimum absolute atomic E-state index is 0.0721. The minimum Gasteiger partial charge on any atom is -0.481 e. The van der Waals surface area contributed by atoms with E-state index in [0.717, 1.165) is 0 Å². The van der Waals surface area contributed by atoms with Crippen molar-refractivity contribution in [1.82, 2.24) is 16.0 Å². The number of unbranched alkanes of at least 4 members (excludes halogenated alkanes) is 1. The Kier molecular flexibility index (Phi) is 14.6. The van der Waals surface area contributed by atoms with E-state index in [-0.39, 0.29) is 31.8 Å². The fraction of sp³-hybridized carbons (Fsp3) is 0.684. The van der Waals surface area contributed by atoms with Gasteiger partial charge in [0.25, 0.3) is 0 Å². The van der Waals surface area contributed by atoms with Gasteiger partial charge in [0, 0.05) is 6.54 Å². The Balaban J connectivity index is 5.46. The van der Waals surface area contributed by atoms with E-state index >= 15 is 0 Å². The maximum atomic E-state index is 12.9. The summed E-state index contributed by atoms with van der Waals surface area (Å²) in [6, 6.07) is -4.86. The maximum Gasteiger partial charge on any atom is 0.325 e. The summed E-state index contributed by atoms with van der Waals surface area (Å²) in [6.07, 6.45) is 0.891. The van der Waals surface area contributed by atoms with E-state index in [9.17, 15) is 24.0 Å². The number of nitrogens with one attached hydrogen (secondary N) is 3. The second kappa shape index (κ2) is 16.2. The summed E-state index contributed by atoms with van der Waals surface area (Å²) in [5.41, 5.74) is 21.6. The summed E-state index contributed by atoms with van der Waals surface area (Å²) in [7, 11) is 0. The number of hydrogen-bond donors (Lipinski definition) is 9. The molecule has 0 aliphatic carbocycles. The van der Waals surface area contributed by atoms with Crippen molar-refractivity contribution in [3.8, 4) is 0 Å². The molecule has 15 nitrogen and oxygen atoms in total. The third kappa shape index (κ3) is 13.2. The van der Waals surface area contributed by atoms with Crippen LogP contribution in [-0.4, -0.2) is 83.1 Å². The van der Waals surface area contributed by atoms with Crippen molar-refractivity contribution in [3.05, 3.63) is 0 Å². The van der Waals surface area contributed by atoms with Gasteiger partial charge < -0.3 is 49.1 Å². The summed E-state index contributed by atoms with van der Waals surface area (Å²) in [5.74, 6) is -5.01. The topological polar surface area (TPSA) is 278 Å². The average Bonchev–Trinajstić information content (AvgIpc) is 2.73. The molecule has 3 amide bonds. The first-order valence-electron chi connectivity index (χ1n) is 10.8. The molecule has 0 saturated heterocycles. The molecule has 0 aliphatic rings. The summed E-state index contributed by atoms with van der Waals surface area (Å²) < 4.78 is 0. The molecule has 13 N–H and O–H groups in total. The van der Waals surface area contributed by atoms with Gasteiger partial charge in [0.1, 0.15) is 18.1 Å². The first kappa shape index (κ1) is 30.5. The van der Waals surface area contributed by atoms with Gasteiger partial charge in [0.05, 0.1) is 12.5 Å². The van der Waals surface area contributed by atoms with Crippen LogP contribution in [0, 0.1) is 0 Å². The Labute approximate surface area is 197 Å². The van der Waals surface area contributed by atoms with E-state index in [1.807, 2.05) is 0 Å². The Morgan fingerprint density at radius 1 is 0.853 bits per heavy atom. The Hall–Kier alpha value is -3.46. The van der Waals surface area contributed by atoms with Crippen LogP contribution in [0.25, 0.3) is 0 Å². The van der Waals surface area contributed by atoms with E-state index < -0.39 is 60.2 Å². The fourth-order valence-corrected chi connectivity index (χ4v) is 2.74. The zero-order chi connectivity index (χ0) is 26.3. The van der Waals surface area contributed by atoms with Gasteiger partial charge in [-0.15, -0.1) is 0 Å². The predicted molar refractivity (Wildman–Crippen MR) is 122 cm³/mol. The van der Waals surface area contributed by atoms with Crippen molar-refractivity contribution in [1.29, 1.82) is 0 Å². The number of carbonyl (C=O) groups is 5. The molecule has 0 aliphatic heterocycles. The second-order valence-electron chi connectivity index (χ2n) is 7.63. The average molecular weight is 489 g/mol.